The van der Waals surface area contributed by atoms with E-state index in [9.17, 15) is 14.4 Å². The number of esters is 3. The van der Waals surface area contributed by atoms with Crippen molar-refractivity contribution in [2.75, 3.05) is 13.2 Å². The molecule has 0 aromatic carbocycles. The van der Waals surface area contributed by atoms with Crippen molar-refractivity contribution in [2.45, 2.75) is 336 Å². The van der Waals surface area contributed by atoms with E-state index in [0.717, 1.165) is 69.6 Å². The molecule has 0 radical (unpaired) electrons. The van der Waals surface area contributed by atoms with Gasteiger partial charge >= 0.3 is 17.9 Å². The van der Waals surface area contributed by atoms with Gasteiger partial charge in [0.1, 0.15) is 13.2 Å². The smallest absolute Gasteiger partial charge is 0.306 e. The molecule has 0 saturated carbocycles. The van der Waals surface area contributed by atoms with E-state index < -0.39 is 6.10 Å². The van der Waals surface area contributed by atoms with Gasteiger partial charge in [0.2, 0.25) is 0 Å². The molecule has 0 aromatic rings. The first-order valence-corrected chi connectivity index (χ1v) is 29.3. The summed E-state index contributed by atoms with van der Waals surface area (Å²) < 4.78 is 16.8. The van der Waals surface area contributed by atoms with Crippen LogP contribution in [0, 0.1) is 11.8 Å². The fraction of sp³-hybridized carbons (Fsp3) is 0.949. The predicted molar refractivity (Wildman–Crippen MR) is 280 cm³/mol. The molecule has 0 saturated heterocycles. The monoisotopic (exact) mass is 919 g/mol. The van der Waals surface area contributed by atoms with Crippen molar-refractivity contribution in [1.29, 1.82) is 0 Å². The summed E-state index contributed by atoms with van der Waals surface area (Å²) in [6.07, 6.45) is 55.4. The fourth-order valence-corrected chi connectivity index (χ4v) is 9.02. The normalized spacial score (nSPS) is 12.5. The predicted octanol–water partition coefficient (Wildman–Crippen LogP) is 19.3. The molecule has 1 unspecified atom stereocenters. The molecule has 0 aromatic heterocycles. The van der Waals surface area contributed by atoms with Crippen molar-refractivity contribution in [3.05, 3.63) is 0 Å². The quantitative estimate of drug-likeness (QED) is 0.0344. The van der Waals surface area contributed by atoms with Gasteiger partial charge in [-0.15, -0.1) is 0 Å². The van der Waals surface area contributed by atoms with E-state index in [2.05, 4.69) is 34.6 Å². The Morgan fingerprint density at radius 1 is 0.323 bits per heavy atom. The van der Waals surface area contributed by atoms with Gasteiger partial charge in [0.25, 0.3) is 0 Å². The standard InChI is InChI=1S/C59H114O6/c1-6-8-9-10-32-39-44-49-57(60)63-52-56(53-64-58(61)50-45-40-35-30-26-22-19-15-16-20-24-28-33-37-42-47-54(3)4)65-59(62)51-46-41-36-31-27-23-18-14-12-11-13-17-21-25-29-34-38-43-48-55(5)7-2/h54-56H,6-53H2,1-5H3/t55?,56-/m1/s1. The second kappa shape index (κ2) is 51.8. The molecule has 2 atom stereocenters. The highest BCUT2D eigenvalue weighted by atomic mass is 16.6. The van der Waals surface area contributed by atoms with E-state index in [-0.39, 0.29) is 31.1 Å². The zero-order valence-electron chi connectivity index (χ0n) is 44.6. The highest BCUT2D eigenvalue weighted by Gasteiger charge is 2.19. The van der Waals surface area contributed by atoms with E-state index in [1.54, 1.807) is 0 Å². The number of hydrogen-bond donors (Lipinski definition) is 0. The van der Waals surface area contributed by atoms with Gasteiger partial charge in [-0.2, -0.15) is 0 Å². The Morgan fingerprint density at radius 3 is 0.877 bits per heavy atom. The highest BCUT2D eigenvalue weighted by Crippen LogP contribution is 2.19. The molecule has 65 heavy (non-hydrogen) atoms. The molecule has 0 bridgehead atoms. The van der Waals surface area contributed by atoms with Crippen molar-refractivity contribution >= 4 is 17.9 Å². The average molecular weight is 920 g/mol. The molecule has 0 fully saturated rings. The maximum absolute atomic E-state index is 12.8. The van der Waals surface area contributed by atoms with Gasteiger partial charge in [0.05, 0.1) is 0 Å². The largest absolute Gasteiger partial charge is 0.462 e. The topological polar surface area (TPSA) is 78.9 Å². The molecule has 386 valence electrons. The first kappa shape index (κ1) is 63.4. The van der Waals surface area contributed by atoms with Crippen LogP contribution < -0.4 is 0 Å². The third-order valence-electron chi connectivity index (χ3n) is 13.8. The van der Waals surface area contributed by atoms with Crippen LogP contribution >= 0.6 is 0 Å². The minimum absolute atomic E-state index is 0.0631. The molecule has 0 N–H and O–H groups in total. The van der Waals surface area contributed by atoms with Gasteiger partial charge in [-0.05, 0) is 31.1 Å². The van der Waals surface area contributed by atoms with Crippen LogP contribution in [0.3, 0.4) is 0 Å². The van der Waals surface area contributed by atoms with Crippen molar-refractivity contribution in [3.8, 4) is 0 Å². The number of rotatable bonds is 53. The summed E-state index contributed by atoms with van der Waals surface area (Å²) in [7, 11) is 0. The lowest BCUT2D eigenvalue weighted by molar-refractivity contribution is -0.167. The summed E-state index contributed by atoms with van der Waals surface area (Å²) in [6.45, 7) is 11.4. The summed E-state index contributed by atoms with van der Waals surface area (Å²) in [5.74, 6) is 0.912. The fourth-order valence-electron chi connectivity index (χ4n) is 9.02. The van der Waals surface area contributed by atoms with E-state index in [0.29, 0.717) is 19.3 Å². The van der Waals surface area contributed by atoms with Gasteiger partial charge in [-0.1, -0.05) is 291 Å². The third-order valence-corrected chi connectivity index (χ3v) is 13.8. The van der Waals surface area contributed by atoms with Crippen molar-refractivity contribution in [2.24, 2.45) is 11.8 Å². The number of unbranched alkanes of at least 4 members (excludes halogenated alkanes) is 37. The summed E-state index contributed by atoms with van der Waals surface area (Å²) in [5.41, 5.74) is 0. The van der Waals surface area contributed by atoms with Crippen LogP contribution in [0.15, 0.2) is 0 Å². The number of carbonyl (C=O) groups excluding carboxylic acids is 3. The zero-order chi connectivity index (χ0) is 47.5. The molecule has 0 rings (SSSR count). The summed E-state index contributed by atoms with van der Waals surface area (Å²) in [5, 5.41) is 0. The SMILES string of the molecule is CCCCCCCCCC(=O)OC[C@H](COC(=O)CCCCCCCCCCCCCCCCCC(C)C)OC(=O)CCCCCCCCCCCCCCCCCCCCC(C)CC. The Balaban J connectivity index is 4.12. The second-order valence-corrected chi connectivity index (χ2v) is 21.0. The summed E-state index contributed by atoms with van der Waals surface area (Å²) in [6, 6.07) is 0. The van der Waals surface area contributed by atoms with Crippen molar-refractivity contribution < 1.29 is 28.6 Å². The third kappa shape index (κ3) is 51.6. The molecular weight excluding hydrogens is 805 g/mol. The number of hydrogen-bond acceptors (Lipinski definition) is 6. The summed E-state index contributed by atoms with van der Waals surface area (Å²) >= 11 is 0. The number of carbonyl (C=O) groups is 3. The minimum Gasteiger partial charge on any atom is -0.462 e. The Kier molecular flexibility index (Phi) is 50.5. The van der Waals surface area contributed by atoms with Crippen LogP contribution in [0.2, 0.25) is 0 Å². The van der Waals surface area contributed by atoms with Crippen LogP contribution in [0.5, 0.6) is 0 Å². The molecule has 0 spiro atoms. The van der Waals surface area contributed by atoms with Gasteiger partial charge < -0.3 is 14.2 Å². The molecule has 0 heterocycles. The van der Waals surface area contributed by atoms with Gasteiger partial charge in [-0.25, -0.2) is 0 Å². The molecule has 6 heteroatoms. The van der Waals surface area contributed by atoms with Crippen LogP contribution in [0.4, 0.5) is 0 Å². The number of ether oxygens (including phenoxy) is 3. The van der Waals surface area contributed by atoms with Gasteiger partial charge in [0.15, 0.2) is 6.10 Å². The molecule has 6 nitrogen and oxygen atoms in total. The van der Waals surface area contributed by atoms with Crippen LogP contribution in [-0.2, 0) is 28.6 Å². The highest BCUT2D eigenvalue weighted by molar-refractivity contribution is 5.71. The molecule has 0 aliphatic carbocycles. The van der Waals surface area contributed by atoms with E-state index in [1.807, 2.05) is 0 Å². The van der Waals surface area contributed by atoms with E-state index >= 15 is 0 Å². The van der Waals surface area contributed by atoms with Crippen molar-refractivity contribution in [3.63, 3.8) is 0 Å². The first-order valence-electron chi connectivity index (χ1n) is 29.3. The Bertz CT molecular complexity index is 995. The van der Waals surface area contributed by atoms with Gasteiger partial charge in [0, 0.05) is 19.3 Å². The van der Waals surface area contributed by atoms with Crippen LogP contribution in [0.1, 0.15) is 330 Å². The summed E-state index contributed by atoms with van der Waals surface area (Å²) in [4.78, 5) is 37.9. The Labute approximate surface area is 406 Å². The lowest BCUT2D eigenvalue weighted by Crippen LogP contribution is -2.30. The van der Waals surface area contributed by atoms with Crippen LogP contribution in [-0.4, -0.2) is 37.2 Å². The van der Waals surface area contributed by atoms with Crippen molar-refractivity contribution in [1.82, 2.24) is 0 Å². The van der Waals surface area contributed by atoms with Crippen LogP contribution in [0.25, 0.3) is 0 Å². The maximum atomic E-state index is 12.8. The zero-order valence-corrected chi connectivity index (χ0v) is 44.6. The van der Waals surface area contributed by atoms with E-state index in [4.69, 9.17) is 14.2 Å². The van der Waals surface area contributed by atoms with Gasteiger partial charge in [-0.3, -0.25) is 14.4 Å². The lowest BCUT2D eigenvalue weighted by Gasteiger charge is -2.18. The van der Waals surface area contributed by atoms with E-state index in [1.165, 1.54) is 218 Å². The lowest BCUT2D eigenvalue weighted by atomic mass is 9.99. The Hall–Kier alpha value is -1.59. The molecule has 0 aliphatic rings. The molecule has 0 aliphatic heterocycles. The minimum atomic E-state index is -0.761. The molecule has 0 amide bonds. The second-order valence-electron chi connectivity index (χ2n) is 21.0. The Morgan fingerprint density at radius 2 is 0.585 bits per heavy atom. The maximum Gasteiger partial charge on any atom is 0.306 e. The average Bonchev–Trinajstić information content (AvgIpc) is 3.29. The molecular formula is C59H114O6. The first-order chi connectivity index (χ1) is 31.8.